The summed E-state index contributed by atoms with van der Waals surface area (Å²) in [6.45, 7) is 5.60. The van der Waals surface area contributed by atoms with Crippen molar-refractivity contribution in [3.05, 3.63) is 34.9 Å². The van der Waals surface area contributed by atoms with Crippen LogP contribution in [-0.2, 0) is 0 Å². The van der Waals surface area contributed by atoms with Gasteiger partial charge in [0.25, 0.3) is 11.8 Å². The molecule has 2 saturated heterocycles. The lowest BCUT2D eigenvalue weighted by atomic mass is 9.76. The van der Waals surface area contributed by atoms with Crippen LogP contribution in [0.3, 0.4) is 0 Å². The molecule has 1 aromatic carbocycles. The van der Waals surface area contributed by atoms with Gasteiger partial charge in [-0.25, -0.2) is 13.8 Å². The van der Waals surface area contributed by atoms with E-state index in [2.05, 4.69) is 15.1 Å². The highest BCUT2D eigenvalue weighted by atomic mass is 35.5. The zero-order valence-corrected chi connectivity index (χ0v) is 20.8. The number of nitrogens with zero attached hydrogens (tertiary/aromatic N) is 3. The molecular formula is C26H33ClF2N4O2. The topological polar surface area (TPSA) is 68.7 Å². The molecule has 1 aromatic heterocycles. The number of carbonyl (C=O) groups is 1. The maximum atomic E-state index is 13.8. The first-order valence-electron chi connectivity index (χ1n) is 12.6. The van der Waals surface area contributed by atoms with Crippen LogP contribution < -0.4 is 10.2 Å². The maximum Gasteiger partial charge on any atom is 0.253 e. The Morgan fingerprint density at radius 1 is 1.20 bits per heavy atom. The summed E-state index contributed by atoms with van der Waals surface area (Å²) in [6.07, 6.45) is 3.16. The van der Waals surface area contributed by atoms with Gasteiger partial charge in [0.2, 0.25) is 0 Å². The first-order valence-corrected chi connectivity index (χ1v) is 13.0. The third-order valence-electron chi connectivity index (χ3n) is 8.09. The fourth-order valence-corrected chi connectivity index (χ4v) is 6.14. The number of rotatable bonds is 5. The molecule has 3 aliphatic rings. The highest BCUT2D eigenvalue weighted by Gasteiger charge is 2.47. The van der Waals surface area contributed by atoms with Gasteiger partial charge in [0.05, 0.1) is 21.7 Å². The van der Waals surface area contributed by atoms with Crippen molar-refractivity contribution >= 4 is 34.2 Å². The molecule has 3 unspecified atom stereocenters. The number of hydrogen-bond acceptors (Lipinski definition) is 5. The number of benzene rings is 1. The summed E-state index contributed by atoms with van der Waals surface area (Å²) in [7, 11) is 0. The van der Waals surface area contributed by atoms with Gasteiger partial charge in [-0.15, -0.1) is 0 Å². The van der Waals surface area contributed by atoms with Crippen LogP contribution in [0.5, 0.6) is 0 Å². The molecule has 3 heterocycles. The molecule has 3 fully saturated rings. The number of fused-ring (bicyclic) bond motifs is 1. The largest absolute Gasteiger partial charge is 0.388 e. The summed E-state index contributed by atoms with van der Waals surface area (Å²) < 4.78 is 27.7. The molecule has 0 spiro atoms. The lowest BCUT2D eigenvalue weighted by Crippen LogP contribution is -2.50. The Hall–Kier alpha value is -2.03. The first kappa shape index (κ1) is 24.7. The maximum absolute atomic E-state index is 13.8. The lowest BCUT2D eigenvalue weighted by molar-refractivity contribution is -0.138. The Kier molecular flexibility index (Phi) is 6.66. The first-order chi connectivity index (χ1) is 16.7. The number of carbonyl (C=O) groups excluding carboxylic acids is 1. The summed E-state index contributed by atoms with van der Waals surface area (Å²) in [5, 5.41) is 14.5. The molecule has 9 heteroatoms. The lowest BCUT2D eigenvalue weighted by Gasteiger charge is -2.40. The van der Waals surface area contributed by atoms with Crippen molar-refractivity contribution in [3.63, 3.8) is 0 Å². The molecule has 2 aliphatic heterocycles. The molecule has 1 amide bonds. The average molecular weight is 507 g/mol. The van der Waals surface area contributed by atoms with Crippen molar-refractivity contribution in [1.29, 1.82) is 0 Å². The van der Waals surface area contributed by atoms with E-state index >= 15 is 0 Å². The Morgan fingerprint density at radius 2 is 1.97 bits per heavy atom. The van der Waals surface area contributed by atoms with Gasteiger partial charge in [-0.05, 0) is 69.5 Å². The van der Waals surface area contributed by atoms with E-state index in [4.69, 9.17) is 16.6 Å². The van der Waals surface area contributed by atoms with E-state index in [1.54, 1.807) is 6.07 Å². The van der Waals surface area contributed by atoms with Gasteiger partial charge in [-0.1, -0.05) is 18.5 Å². The molecule has 35 heavy (non-hydrogen) atoms. The van der Waals surface area contributed by atoms with Gasteiger partial charge in [-0.2, -0.15) is 0 Å². The number of hydrogen-bond donors (Lipinski definition) is 2. The zero-order valence-electron chi connectivity index (χ0n) is 20.1. The van der Waals surface area contributed by atoms with Crippen molar-refractivity contribution < 1.29 is 18.7 Å². The zero-order chi connectivity index (χ0) is 24.8. The van der Waals surface area contributed by atoms with Crippen LogP contribution in [-0.4, -0.2) is 71.2 Å². The fraction of sp³-hybridized carbons (Fsp3) is 0.615. The van der Waals surface area contributed by atoms with Gasteiger partial charge < -0.3 is 15.3 Å². The van der Waals surface area contributed by atoms with Gasteiger partial charge in [0, 0.05) is 43.4 Å². The van der Waals surface area contributed by atoms with Crippen LogP contribution in [0.4, 0.5) is 14.6 Å². The summed E-state index contributed by atoms with van der Waals surface area (Å²) in [6, 6.07) is 7.84. The monoisotopic (exact) mass is 506 g/mol. The molecule has 2 aromatic rings. The van der Waals surface area contributed by atoms with Crippen LogP contribution >= 0.6 is 11.6 Å². The third kappa shape index (κ3) is 4.98. The smallest absolute Gasteiger partial charge is 0.253 e. The molecule has 0 bridgehead atoms. The van der Waals surface area contributed by atoms with Crippen molar-refractivity contribution in [1.82, 2.24) is 15.2 Å². The van der Waals surface area contributed by atoms with Crippen LogP contribution in [0.15, 0.2) is 24.3 Å². The molecule has 6 nitrogen and oxygen atoms in total. The fourth-order valence-electron chi connectivity index (χ4n) is 5.89. The highest BCUT2D eigenvalue weighted by Crippen LogP contribution is 2.42. The Labute approximate surface area is 209 Å². The van der Waals surface area contributed by atoms with Crippen LogP contribution in [0.2, 0.25) is 5.02 Å². The number of pyridine rings is 1. The Bertz CT molecular complexity index is 1110. The van der Waals surface area contributed by atoms with E-state index in [0.717, 1.165) is 25.3 Å². The van der Waals surface area contributed by atoms with Gasteiger partial charge in [0.15, 0.2) is 0 Å². The Morgan fingerprint density at radius 3 is 2.71 bits per heavy atom. The van der Waals surface area contributed by atoms with Gasteiger partial charge in [-0.3, -0.25) is 9.69 Å². The van der Waals surface area contributed by atoms with Crippen LogP contribution in [0.25, 0.3) is 10.9 Å². The minimum absolute atomic E-state index is 0.0624. The third-order valence-corrected chi connectivity index (χ3v) is 8.40. The molecular weight excluding hydrogens is 474 g/mol. The summed E-state index contributed by atoms with van der Waals surface area (Å²) in [4.78, 5) is 22.8. The number of aliphatic hydroxyl groups is 1. The molecule has 190 valence electrons. The Balaban J connectivity index is 1.30. The van der Waals surface area contributed by atoms with E-state index in [1.165, 1.54) is 32.9 Å². The minimum Gasteiger partial charge on any atom is -0.388 e. The molecule has 3 atom stereocenters. The molecule has 0 radical (unpaired) electrons. The van der Waals surface area contributed by atoms with Crippen molar-refractivity contribution in [2.45, 2.75) is 63.0 Å². The van der Waals surface area contributed by atoms with E-state index < -0.39 is 29.8 Å². The van der Waals surface area contributed by atoms with Crippen molar-refractivity contribution in [2.75, 3.05) is 37.6 Å². The van der Waals surface area contributed by atoms with E-state index in [-0.39, 0.29) is 30.0 Å². The van der Waals surface area contributed by atoms with Crippen LogP contribution in [0.1, 0.15) is 55.8 Å². The molecule has 1 saturated carbocycles. The number of aromatic nitrogens is 1. The van der Waals surface area contributed by atoms with Gasteiger partial charge >= 0.3 is 0 Å². The second-order valence-electron chi connectivity index (χ2n) is 10.6. The van der Waals surface area contributed by atoms with Crippen molar-refractivity contribution in [2.24, 2.45) is 5.92 Å². The average Bonchev–Trinajstić information content (AvgIpc) is 3.53. The second-order valence-corrected chi connectivity index (χ2v) is 11.0. The number of anilines is 1. The number of halogens is 3. The predicted molar refractivity (Wildman–Crippen MR) is 133 cm³/mol. The van der Waals surface area contributed by atoms with Crippen LogP contribution in [0, 0.1) is 5.92 Å². The molecule has 5 rings (SSSR count). The standard InChI is InChI=1S/C26H33ClF2N4O2/c1-17-14-25(35,9-10-26(17,28)29)16-30-24(34)23-19-4-7-22(31-21(19)6-5-20(23)27)33-13-8-18(15-33)32-11-2-3-12-32/h4-7,17-18,35H,2-3,8-16H2,1H3,(H,30,34). The van der Waals surface area contributed by atoms with Crippen molar-refractivity contribution in [3.8, 4) is 0 Å². The number of likely N-dealkylation sites (tertiary alicyclic amines) is 1. The quantitative estimate of drug-likeness (QED) is 0.626. The molecule has 2 N–H and O–H groups in total. The summed E-state index contributed by atoms with van der Waals surface area (Å²) in [5.74, 6) is -3.29. The number of alkyl halides is 2. The number of amides is 1. The summed E-state index contributed by atoms with van der Waals surface area (Å²) >= 11 is 6.41. The number of nitrogens with one attached hydrogen (secondary N) is 1. The molecule has 1 aliphatic carbocycles. The second kappa shape index (κ2) is 9.45. The predicted octanol–water partition coefficient (Wildman–Crippen LogP) is 4.48. The van der Waals surface area contributed by atoms with E-state index in [0.29, 0.717) is 16.9 Å². The minimum atomic E-state index is -2.79. The highest BCUT2D eigenvalue weighted by molar-refractivity contribution is 6.35. The summed E-state index contributed by atoms with van der Waals surface area (Å²) in [5.41, 5.74) is -0.399. The van der Waals surface area contributed by atoms with E-state index in [1.807, 2.05) is 18.2 Å². The van der Waals surface area contributed by atoms with E-state index in [9.17, 15) is 18.7 Å². The SMILES string of the molecule is CC1CC(O)(CNC(=O)c2c(Cl)ccc3nc(N4CCC(N5CCCC5)C4)ccc23)CCC1(F)F. The normalized spacial score (nSPS) is 29.1. The van der Waals surface area contributed by atoms with Gasteiger partial charge in [0.1, 0.15) is 5.82 Å².